The van der Waals surface area contributed by atoms with E-state index in [0.29, 0.717) is 12.3 Å². The zero-order valence-electron chi connectivity index (χ0n) is 14.4. The first-order valence-electron chi connectivity index (χ1n) is 7.41. The number of amides is 2. The highest BCUT2D eigenvalue weighted by Crippen LogP contribution is 2.38. The molecular formula is C13H25N2O8PS. The number of aliphatic hydroxyl groups is 1. The van der Waals surface area contributed by atoms with Crippen LogP contribution in [0.3, 0.4) is 0 Å². The van der Waals surface area contributed by atoms with Crippen molar-refractivity contribution < 1.29 is 38.4 Å². The number of nitrogens with one attached hydrogen (secondary N) is 2. The number of hydrogen-bond acceptors (Lipinski definition) is 7. The number of rotatable bonds is 11. The molecule has 25 heavy (non-hydrogen) atoms. The second-order valence-corrected chi connectivity index (χ2v) is 8.40. The van der Waals surface area contributed by atoms with E-state index >= 15 is 0 Å². The molecule has 0 spiro atoms. The third kappa shape index (κ3) is 12.1. The minimum atomic E-state index is -4.70. The van der Waals surface area contributed by atoms with Crippen LogP contribution in [0, 0.1) is 5.41 Å². The highest BCUT2D eigenvalue weighted by molar-refractivity contribution is 8.13. The summed E-state index contributed by atoms with van der Waals surface area (Å²) in [6.07, 6.45) is -1.59. The van der Waals surface area contributed by atoms with Crippen LogP contribution >= 0.6 is 19.6 Å². The Morgan fingerprint density at radius 1 is 1.20 bits per heavy atom. The number of carbonyl (C=O) groups excluding carboxylic acids is 3. The van der Waals surface area contributed by atoms with Crippen LogP contribution in [0.1, 0.15) is 27.2 Å². The van der Waals surface area contributed by atoms with Crippen LogP contribution in [0.25, 0.3) is 0 Å². The number of hydrogen-bond donors (Lipinski definition) is 5. The lowest BCUT2D eigenvalue weighted by molar-refractivity contribution is -0.137. The van der Waals surface area contributed by atoms with Gasteiger partial charge in [0, 0.05) is 37.6 Å². The molecule has 0 rings (SSSR count). The molecule has 0 aromatic rings. The number of phosphoric ester groups is 1. The van der Waals surface area contributed by atoms with Crippen molar-refractivity contribution in [2.24, 2.45) is 5.41 Å². The van der Waals surface area contributed by atoms with Crippen LogP contribution in [0.4, 0.5) is 0 Å². The lowest BCUT2D eigenvalue weighted by atomic mass is 9.87. The predicted molar refractivity (Wildman–Crippen MR) is 91.6 cm³/mol. The van der Waals surface area contributed by atoms with E-state index < -0.39 is 31.9 Å². The van der Waals surface area contributed by atoms with Gasteiger partial charge in [-0.3, -0.25) is 18.9 Å². The summed E-state index contributed by atoms with van der Waals surface area (Å²) in [7, 11) is -4.70. The highest BCUT2D eigenvalue weighted by atomic mass is 32.2. The van der Waals surface area contributed by atoms with Crippen molar-refractivity contribution in [2.45, 2.75) is 33.3 Å². The van der Waals surface area contributed by atoms with Crippen molar-refractivity contribution in [3.05, 3.63) is 0 Å². The van der Waals surface area contributed by atoms with E-state index in [1.165, 1.54) is 20.8 Å². The van der Waals surface area contributed by atoms with E-state index in [0.717, 1.165) is 11.8 Å². The van der Waals surface area contributed by atoms with E-state index in [4.69, 9.17) is 9.79 Å². The Morgan fingerprint density at radius 2 is 1.80 bits per heavy atom. The summed E-state index contributed by atoms with van der Waals surface area (Å²) < 4.78 is 15.0. The molecule has 0 aliphatic carbocycles. The monoisotopic (exact) mass is 400 g/mol. The summed E-state index contributed by atoms with van der Waals surface area (Å²) in [6, 6.07) is 0. The van der Waals surface area contributed by atoms with Crippen LogP contribution < -0.4 is 10.6 Å². The smallest absolute Gasteiger partial charge is 0.383 e. The standard InChI is InChI=1S/C13H25N2O8PS/c1-9(16)25-7-6-14-10(17)4-5-15-12(19)11(18)13(2,3)8-23-24(20,21)22/h11,18H,4-8H2,1-3H3,(H,14,17)(H,15,19)(H2,20,21,22). The lowest BCUT2D eigenvalue weighted by Crippen LogP contribution is -2.46. The molecule has 0 saturated carbocycles. The van der Waals surface area contributed by atoms with E-state index in [9.17, 15) is 24.1 Å². The second-order valence-electron chi connectivity index (χ2n) is 5.89. The molecule has 0 saturated heterocycles. The van der Waals surface area contributed by atoms with Crippen molar-refractivity contribution in [3.8, 4) is 0 Å². The van der Waals surface area contributed by atoms with Gasteiger partial charge in [-0.1, -0.05) is 25.6 Å². The van der Waals surface area contributed by atoms with Crippen molar-refractivity contribution >= 4 is 36.5 Å². The summed E-state index contributed by atoms with van der Waals surface area (Å²) in [4.78, 5) is 51.4. The summed E-state index contributed by atoms with van der Waals surface area (Å²) in [6.45, 7) is 4.03. The molecule has 12 heteroatoms. The van der Waals surface area contributed by atoms with Gasteiger partial charge in [-0.05, 0) is 0 Å². The first-order valence-corrected chi connectivity index (χ1v) is 9.92. The molecule has 0 bridgehead atoms. The lowest BCUT2D eigenvalue weighted by Gasteiger charge is -2.29. The van der Waals surface area contributed by atoms with Gasteiger partial charge in [0.05, 0.1) is 6.61 Å². The van der Waals surface area contributed by atoms with Gasteiger partial charge in [0.15, 0.2) is 5.12 Å². The predicted octanol–water partition coefficient (Wildman–Crippen LogP) is -0.615. The molecule has 1 unspecified atom stereocenters. The van der Waals surface area contributed by atoms with Crippen molar-refractivity contribution in [3.63, 3.8) is 0 Å². The Kier molecular flexibility index (Phi) is 10.5. The Morgan fingerprint density at radius 3 is 2.32 bits per heavy atom. The Balaban J connectivity index is 4.13. The van der Waals surface area contributed by atoms with E-state index in [1.54, 1.807) is 0 Å². The Bertz CT molecular complexity index is 522. The van der Waals surface area contributed by atoms with Crippen molar-refractivity contribution in [1.29, 1.82) is 0 Å². The number of phosphoric acid groups is 1. The number of aliphatic hydroxyl groups excluding tert-OH is 1. The molecule has 0 heterocycles. The minimum absolute atomic E-state index is 0.0113. The fourth-order valence-electron chi connectivity index (χ4n) is 1.55. The van der Waals surface area contributed by atoms with Gasteiger partial charge < -0.3 is 25.5 Å². The summed E-state index contributed by atoms with van der Waals surface area (Å²) in [5.41, 5.74) is -1.24. The second kappa shape index (κ2) is 10.9. The SMILES string of the molecule is CC(=O)SCCNC(=O)CCNC(=O)C(O)C(C)(C)COP(=O)(O)O. The topological polar surface area (TPSA) is 162 Å². The van der Waals surface area contributed by atoms with Gasteiger partial charge in [0.1, 0.15) is 6.10 Å². The van der Waals surface area contributed by atoms with Crippen LogP contribution in [-0.2, 0) is 23.5 Å². The van der Waals surface area contributed by atoms with Crippen LogP contribution in [0.2, 0.25) is 0 Å². The van der Waals surface area contributed by atoms with Crippen LogP contribution in [0.15, 0.2) is 0 Å². The van der Waals surface area contributed by atoms with Crippen LogP contribution in [-0.4, -0.2) is 63.4 Å². The van der Waals surface area contributed by atoms with Crippen molar-refractivity contribution in [2.75, 3.05) is 25.4 Å². The quantitative estimate of drug-likeness (QED) is 0.225. The number of thioether (sulfide) groups is 1. The Hall–Kier alpha value is -0.970. The van der Waals surface area contributed by atoms with Gasteiger partial charge in [0.25, 0.3) is 0 Å². The minimum Gasteiger partial charge on any atom is -0.383 e. The zero-order valence-corrected chi connectivity index (χ0v) is 16.1. The zero-order chi connectivity index (χ0) is 19.7. The normalized spacial score (nSPS) is 13.2. The summed E-state index contributed by atoms with van der Waals surface area (Å²) in [5, 5.41) is 14.9. The van der Waals surface area contributed by atoms with E-state index in [-0.39, 0.29) is 24.0 Å². The third-order valence-electron chi connectivity index (χ3n) is 2.97. The van der Waals surface area contributed by atoms with Crippen molar-refractivity contribution in [1.82, 2.24) is 10.6 Å². The molecule has 5 N–H and O–H groups in total. The van der Waals surface area contributed by atoms with Gasteiger partial charge in [0.2, 0.25) is 11.8 Å². The fraction of sp³-hybridized carbons (Fsp3) is 0.769. The van der Waals surface area contributed by atoms with Gasteiger partial charge >= 0.3 is 7.82 Å². The van der Waals surface area contributed by atoms with E-state index in [2.05, 4.69) is 15.2 Å². The van der Waals surface area contributed by atoms with Crippen LogP contribution in [0.5, 0.6) is 0 Å². The maximum absolute atomic E-state index is 11.8. The average Bonchev–Trinajstić information content (AvgIpc) is 2.48. The third-order valence-corrected chi connectivity index (χ3v) is 4.25. The molecule has 1 atom stereocenters. The van der Waals surface area contributed by atoms with E-state index in [1.807, 2.05) is 0 Å². The first-order chi connectivity index (χ1) is 11.3. The highest BCUT2D eigenvalue weighted by Gasteiger charge is 2.35. The maximum Gasteiger partial charge on any atom is 0.469 e. The molecule has 10 nitrogen and oxygen atoms in total. The summed E-state index contributed by atoms with van der Waals surface area (Å²) >= 11 is 1.09. The Labute approximate surface area is 150 Å². The molecule has 0 radical (unpaired) electrons. The fourth-order valence-corrected chi connectivity index (χ4v) is 2.55. The molecule has 0 aromatic carbocycles. The molecule has 0 aromatic heterocycles. The first kappa shape index (κ1) is 24.0. The molecule has 0 aliphatic heterocycles. The number of carbonyl (C=O) groups is 3. The van der Waals surface area contributed by atoms with Gasteiger partial charge in [-0.15, -0.1) is 0 Å². The largest absolute Gasteiger partial charge is 0.469 e. The average molecular weight is 400 g/mol. The molecule has 146 valence electrons. The molecule has 2 amide bonds. The molecular weight excluding hydrogens is 375 g/mol. The maximum atomic E-state index is 11.8. The molecule has 0 aliphatic rings. The van der Waals surface area contributed by atoms with Gasteiger partial charge in [-0.2, -0.15) is 0 Å². The molecule has 0 fully saturated rings. The summed E-state index contributed by atoms with van der Waals surface area (Å²) in [5.74, 6) is -0.637. The van der Waals surface area contributed by atoms with Gasteiger partial charge in [-0.25, -0.2) is 4.57 Å².